The topological polar surface area (TPSA) is 54.5 Å². The molecule has 0 amide bonds. The van der Waals surface area contributed by atoms with Gasteiger partial charge in [0.1, 0.15) is 11.8 Å². The van der Waals surface area contributed by atoms with Crippen LogP contribution in [-0.2, 0) is 6.54 Å². The lowest BCUT2D eigenvalue weighted by atomic mass is 10.1. The monoisotopic (exact) mass is 292 g/mol. The van der Waals surface area contributed by atoms with Gasteiger partial charge >= 0.3 is 0 Å². The number of rotatable bonds is 3. The minimum Gasteiger partial charge on any atom is -0.239 e. The molecule has 2 rings (SSSR count). The Bertz CT molecular complexity index is 682. The Kier molecular flexibility index (Phi) is 3.89. The van der Waals surface area contributed by atoms with E-state index >= 15 is 0 Å². The Morgan fingerprint density at radius 2 is 2.16 bits per heavy atom. The fourth-order valence-electron chi connectivity index (χ4n) is 1.68. The Labute approximate surface area is 120 Å². The molecule has 1 aromatic carbocycles. The fraction of sp³-hybridized carbons (Fsp3) is 0.154. The zero-order valence-electron chi connectivity index (χ0n) is 10.2. The van der Waals surface area contributed by atoms with Crippen molar-refractivity contribution >= 4 is 23.2 Å². The molecule has 0 aliphatic rings. The van der Waals surface area contributed by atoms with Crippen molar-refractivity contribution in [2.24, 2.45) is 0 Å². The third kappa shape index (κ3) is 2.78. The largest absolute Gasteiger partial charge is 0.239 e. The van der Waals surface area contributed by atoms with E-state index in [0.717, 1.165) is 11.1 Å². The van der Waals surface area contributed by atoms with E-state index < -0.39 is 0 Å². The van der Waals surface area contributed by atoms with E-state index in [9.17, 15) is 0 Å². The number of hydrogen-bond donors (Lipinski definition) is 0. The molecular formula is C13H10Cl2N4. The van der Waals surface area contributed by atoms with Gasteiger partial charge in [-0.25, -0.2) is 4.68 Å². The molecule has 0 aliphatic carbocycles. The van der Waals surface area contributed by atoms with E-state index in [1.165, 1.54) is 0 Å². The van der Waals surface area contributed by atoms with Crippen molar-refractivity contribution in [3.05, 3.63) is 46.1 Å². The standard InChI is InChI=1S/C13H10Cl2N4/c1-8(2)7-19-13(12(6-16)17-18-19)9-3-4-10(14)11(15)5-9/h3-5H,1,7H2,2H3. The predicted molar refractivity (Wildman–Crippen MR) is 75.0 cm³/mol. The number of aromatic nitrogens is 3. The molecule has 6 heteroatoms. The van der Waals surface area contributed by atoms with Gasteiger partial charge in [0, 0.05) is 5.56 Å². The lowest BCUT2D eigenvalue weighted by Gasteiger charge is -2.07. The Balaban J connectivity index is 2.59. The van der Waals surface area contributed by atoms with Gasteiger partial charge in [-0.1, -0.05) is 46.6 Å². The van der Waals surface area contributed by atoms with Gasteiger partial charge in [-0.15, -0.1) is 5.10 Å². The molecule has 1 aromatic heterocycles. The highest BCUT2D eigenvalue weighted by Gasteiger charge is 2.15. The molecule has 0 saturated heterocycles. The van der Waals surface area contributed by atoms with Crippen LogP contribution < -0.4 is 0 Å². The van der Waals surface area contributed by atoms with Gasteiger partial charge < -0.3 is 0 Å². The number of nitrogens with zero attached hydrogens (tertiary/aromatic N) is 4. The molecular weight excluding hydrogens is 283 g/mol. The van der Waals surface area contributed by atoms with Crippen LogP contribution in [0.5, 0.6) is 0 Å². The van der Waals surface area contributed by atoms with Gasteiger partial charge in [-0.05, 0) is 19.1 Å². The summed E-state index contributed by atoms with van der Waals surface area (Å²) in [5.41, 5.74) is 2.52. The number of nitriles is 1. The van der Waals surface area contributed by atoms with Gasteiger partial charge in [-0.2, -0.15) is 5.26 Å². The number of allylic oxidation sites excluding steroid dienone is 1. The molecule has 1 heterocycles. The number of hydrogen-bond acceptors (Lipinski definition) is 3. The molecule has 0 aliphatic heterocycles. The molecule has 0 bridgehead atoms. The maximum atomic E-state index is 9.10. The van der Waals surface area contributed by atoms with Crippen LogP contribution in [0.4, 0.5) is 0 Å². The zero-order valence-corrected chi connectivity index (χ0v) is 11.7. The highest BCUT2D eigenvalue weighted by Crippen LogP contribution is 2.29. The predicted octanol–water partition coefficient (Wildman–Crippen LogP) is 3.70. The Morgan fingerprint density at radius 1 is 1.42 bits per heavy atom. The second-order valence-corrected chi connectivity index (χ2v) is 4.96. The van der Waals surface area contributed by atoms with Gasteiger partial charge in [0.05, 0.1) is 16.6 Å². The quantitative estimate of drug-likeness (QED) is 0.811. The first-order valence-electron chi connectivity index (χ1n) is 5.46. The molecule has 0 radical (unpaired) electrons. The van der Waals surface area contributed by atoms with Crippen molar-refractivity contribution in [3.8, 4) is 17.3 Å². The summed E-state index contributed by atoms with van der Waals surface area (Å²) in [6, 6.07) is 7.17. The van der Waals surface area contributed by atoms with Crippen molar-refractivity contribution in [3.63, 3.8) is 0 Å². The van der Waals surface area contributed by atoms with Crippen molar-refractivity contribution in [1.29, 1.82) is 5.26 Å². The van der Waals surface area contributed by atoms with Gasteiger partial charge in [-0.3, -0.25) is 0 Å². The van der Waals surface area contributed by atoms with Gasteiger partial charge in [0.15, 0.2) is 5.69 Å². The van der Waals surface area contributed by atoms with Crippen LogP contribution in [0.3, 0.4) is 0 Å². The fourth-order valence-corrected chi connectivity index (χ4v) is 1.98. The second-order valence-electron chi connectivity index (χ2n) is 4.14. The lowest BCUT2D eigenvalue weighted by Crippen LogP contribution is -2.03. The number of halogens is 2. The Morgan fingerprint density at radius 3 is 2.74 bits per heavy atom. The summed E-state index contributed by atoms with van der Waals surface area (Å²) in [4.78, 5) is 0. The summed E-state index contributed by atoms with van der Waals surface area (Å²) in [5, 5.41) is 17.8. The van der Waals surface area contributed by atoms with Crippen LogP contribution in [0.2, 0.25) is 10.0 Å². The van der Waals surface area contributed by atoms with Crippen LogP contribution in [0.1, 0.15) is 12.6 Å². The summed E-state index contributed by atoms with van der Waals surface area (Å²) in [6.45, 7) is 6.20. The van der Waals surface area contributed by atoms with Crippen LogP contribution >= 0.6 is 23.2 Å². The summed E-state index contributed by atoms with van der Waals surface area (Å²) in [6.07, 6.45) is 0. The third-order valence-electron chi connectivity index (χ3n) is 2.45. The normalized spacial score (nSPS) is 10.2. The van der Waals surface area contributed by atoms with Crippen LogP contribution in [0, 0.1) is 11.3 Å². The highest BCUT2D eigenvalue weighted by molar-refractivity contribution is 6.42. The molecule has 0 unspecified atom stereocenters. The molecule has 96 valence electrons. The van der Waals surface area contributed by atoms with Gasteiger partial charge in [0.2, 0.25) is 0 Å². The van der Waals surface area contributed by atoms with Crippen LogP contribution in [-0.4, -0.2) is 15.0 Å². The average Bonchev–Trinajstić information content (AvgIpc) is 2.74. The molecule has 0 fully saturated rings. The maximum Gasteiger partial charge on any atom is 0.190 e. The zero-order chi connectivity index (χ0) is 14.0. The van der Waals surface area contributed by atoms with E-state index in [2.05, 4.69) is 16.9 Å². The smallest absolute Gasteiger partial charge is 0.190 e. The summed E-state index contributed by atoms with van der Waals surface area (Å²) < 4.78 is 1.63. The number of benzene rings is 1. The maximum absolute atomic E-state index is 9.10. The first-order valence-corrected chi connectivity index (χ1v) is 6.22. The molecule has 0 spiro atoms. The van der Waals surface area contributed by atoms with Crippen molar-refractivity contribution in [1.82, 2.24) is 15.0 Å². The average molecular weight is 293 g/mol. The third-order valence-corrected chi connectivity index (χ3v) is 3.19. The van der Waals surface area contributed by atoms with Gasteiger partial charge in [0.25, 0.3) is 0 Å². The molecule has 0 N–H and O–H groups in total. The van der Waals surface area contributed by atoms with E-state index in [-0.39, 0.29) is 5.69 Å². The van der Waals surface area contributed by atoms with Crippen molar-refractivity contribution in [2.45, 2.75) is 13.5 Å². The SMILES string of the molecule is C=C(C)Cn1nnc(C#N)c1-c1ccc(Cl)c(Cl)c1. The van der Waals surface area contributed by atoms with E-state index in [1.54, 1.807) is 22.9 Å². The van der Waals surface area contributed by atoms with Crippen LogP contribution in [0.25, 0.3) is 11.3 Å². The first kappa shape index (κ1) is 13.6. The van der Waals surface area contributed by atoms with Crippen LogP contribution in [0.15, 0.2) is 30.4 Å². The minimum absolute atomic E-state index is 0.250. The molecule has 0 saturated carbocycles. The minimum atomic E-state index is 0.250. The summed E-state index contributed by atoms with van der Waals surface area (Å²) in [5.74, 6) is 0. The lowest BCUT2D eigenvalue weighted by molar-refractivity contribution is 0.649. The van der Waals surface area contributed by atoms with Crippen molar-refractivity contribution in [2.75, 3.05) is 0 Å². The molecule has 19 heavy (non-hydrogen) atoms. The molecule has 2 aromatic rings. The first-order chi connectivity index (χ1) is 9.02. The second kappa shape index (κ2) is 5.43. The van der Waals surface area contributed by atoms with E-state index in [4.69, 9.17) is 28.5 Å². The summed E-state index contributed by atoms with van der Waals surface area (Å²) >= 11 is 11.9. The van der Waals surface area contributed by atoms with E-state index in [0.29, 0.717) is 22.3 Å². The highest BCUT2D eigenvalue weighted by atomic mass is 35.5. The summed E-state index contributed by atoms with van der Waals surface area (Å²) in [7, 11) is 0. The van der Waals surface area contributed by atoms with E-state index in [1.807, 2.05) is 13.0 Å². The van der Waals surface area contributed by atoms with Crippen molar-refractivity contribution < 1.29 is 0 Å². The molecule has 0 atom stereocenters. The Hall–Kier alpha value is -1.83. The molecule has 4 nitrogen and oxygen atoms in total.